The standard InChI is InChI=1S/C21H15Br3Cl2N2O/c22-15-6-4-13(5-7-15)12-29-21-17(23)8-14(9-18(21)24)10-27-28-11-16-19(25)2-1-3-20(16)26/h1-10,28H,11-12H2/b27-10+. The molecule has 0 aliphatic heterocycles. The summed E-state index contributed by atoms with van der Waals surface area (Å²) in [4.78, 5) is 0. The Morgan fingerprint density at radius 3 is 2.17 bits per heavy atom. The van der Waals surface area contributed by atoms with Crippen molar-refractivity contribution < 1.29 is 4.74 Å². The Morgan fingerprint density at radius 2 is 1.55 bits per heavy atom. The van der Waals surface area contributed by atoms with Gasteiger partial charge in [0.1, 0.15) is 12.4 Å². The monoisotopic (exact) mass is 618 g/mol. The summed E-state index contributed by atoms with van der Waals surface area (Å²) < 4.78 is 8.67. The molecule has 3 rings (SSSR count). The largest absolute Gasteiger partial charge is 0.487 e. The van der Waals surface area contributed by atoms with E-state index in [-0.39, 0.29) is 0 Å². The number of ether oxygens (including phenoxy) is 1. The summed E-state index contributed by atoms with van der Waals surface area (Å²) in [5.41, 5.74) is 5.77. The van der Waals surface area contributed by atoms with E-state index < -0.39 is 0 Å². The van der Waals surface area contributed by atoms with Crippen LogP contribution in [0.25, 0.3) is 0 Å². The molecular weight excluding hydrogens is 607 g/mol. The molecule has 0 aromatic heterocycles. The van der Waals surface area contributed by atoms with Gasteiger partial charge in [-0.05, 0) is 79.4 Å². The summed E-state index contributed by atoms with van der Waals surface area (Å²) in [6.45, 7) is 0.907. The Labute approximate surface area is 204 Å². The molecule has 29 heavy (non-hydrogen) atoms. The summed E-state index contributed by atoms with van der Waals surface area (Å²) in [5.74, 6) is 0.737. The molecule has 0 aliphatic carbocycles. The summed E-state index contributed by atoms with van der Waals surface area (Å²) in [6, 6.07) is 17.3. The Kier molecular flexibility index (Phi) is 8.45. The van der Waals surface area contributed by atoms with Crippen LogP contribution in [0.3, 0.4) is 0 Å². The van der Waals surface area contributed by atoms with Gasteiger partial charge in [-0.25, -0.2) is 0 Å². The topological polar surface area (TPSA) is 33.6 Å². The molecule has 0 aliphatic rings. The number of hydrazone groups is 1. The van der Waals surface area contributed by atoms with E-state index in [1.54, 1.807) is 18.3 Å². The zero-order chi connectivity index (χ0) is 20.8. The van der Waals surface area contributed by atoms with E-state index in [1.807, 2.05) is 42.5 Å². The molecule has 0 atom stereocenters. The number of hydrogen-bond acceptors (Lipinski definition) is 3. The maximum absolute atomic E-state index is 6.16. The van der Waals surface area contributed by atoms with Gasteiger partial charge in [-0.2, -0.15) is 5.10 Å². The van der Waals surface area contributed by atoms with Gasteiger partial charge in [-0.3, -0.25) is 0 Å². The first-order valence-corrected chi connectivity index (χ1v) is 11.6. The van der Waals surface area contributed by atoms with Crippen LogP contribution >= 0.6 is 71.0 Å². The minimum Gasteiger partial charge on any atom is -0.487 e. The van der Waals surface area contributed by atoms with Crippen LogP contribution in [0.5, 0.6) is 5.75 Å². The van der Waals surface area contributed by atoms with E-state index >= 15 is 0 Å². The van der Waals surface area contributed by atoms with E-state index in [4.69, 9.17) is 27.9 Å². The number of rotatable bonds is 7. The first-order valence-electron chi connectivity index (χ1n) is 8.49. The van der Waals surface area contributed by atoms with Gasteiger partial charge in [0.15, 0.2) is 0 Å². The van der Waals surface area contributed by atoms with Crippen molar-refractivity contribution in [2.75, 3.05) is 0 Å². The van der Waals surface area contributed by atoms with E-state index in [2.05, 4.69) is 58.3 Å². The SMILES string of the molecule is Clc1cccc(Cl)c1CN/N=C/c1cc(Br)c(OCc2ccc(Br)cc2)c(Br)c1. The third kappa shape index (κ3) is 6.46. The molecular formula is C21H15Br3Cl2N2O. The van der Waals surface area contributed by atoms with Gasteiger partial charge in [0.2, 0.25) is 0 Å². The first-order chi connectivity index (χ1) is 13.9. The van der Waals surface area contributed by atoms with Crippen LogP contribution in [0, 0.1) is 0 Å². The Bertz CT molecular complexity index is 984. The number of halogens is 5. The zero-order valence-corrected chi connectivity index (χ0v) is 21.2. The molecule has 0 unspecified atom stereocenters. The predicted molar refractivity (Wildman–Crippen MR) is 131 cm³/mol. The van der Waals surface area contributed by atoms with Gasteiger partial charge in [0.05, 0.1) is 21.7 Å². The Morgan fingerprint density at radius 1 is 0.931 bits per heavy atom. The molecule has 3 aromatic rings. The number of nitrogens with one attached hydrogen (secondary N) is 1. The molecule has 3 nitrogen and oxygen atoms in total. The second kappa shape index (κ2) is 10.8. The summed E-state index contributed by atoms with van der Waals surface area (Å²) in [7, 11) is 0. The summed E-state index contributed by atoms with van der Waals surface area (Å²) in [6.07, 6.45) is 1.72. The molecule has 150 valence electrons. The number of hydrogen-bond donors (Lipinski definition) is 1. The molecule has 8 heteroatoms. The highest BCUT2D eigenvalue weighted by molar-refractivity contribution is 9.11. The summed E-state index contributed by atoms with van der Waals surface area (Å²) >= 11 is 22.9. The van der Waals surface area contributed by atoms with E-state index in [1.165, 1.54) is 0 Å². The van der Waals surface area contributed by atoms with Crippen molar-refractivity contribution in [3.8, 4) is 5.75 Å². The van der Waals surface area contributed by atoms with Crippen molar-refractivity contribution in [2.24, 2.45) is 5.10 Å². The van der Waals surface area contributed by atoms with Crippen molar-refractivity contribution in [3.63, 3.8) is 0 Å². The van der Waals surface area contributed by atoms with Gasteiger partial charge in [-0.1, -0.05) is 57.3 Å². The fourth-order valence-corrected chi connectivity index (χ4v) is 4.72. The van der Waals surface area contributed by atoms with Crippen molar-refractivity contribution in [1.82, 2.24) is 5.43 Å². The lowest BCUT2D eigenvalue weighted by Crippen LogP contribution is -2.06. The lowest BCUT2D eigenvalue weighted by molar-refractivity contribution is 0.302. The second-order valence-corrected chi connectivity index (χ2v) is 9.46. The minimum absolute atomic E-state index is 0.436. The molecule has 0 saturated carbocycles. The van der Waals surface area contributed by atoms with Crippen LogP contribution in [0.15, 0.2) is 73.1 Å². The van der Waals surface area contributed by atoms with Crippen molar-refractivity contribution in [2.45, 2.75) is 13.2 Å². The first kappa shape index (κ1) is 22.6. The predicted octanol–water partition coefficient (Wildman–Crippen LogP) is 7.98. The lowest BCUT2D eigenvalue weighted by Gasteiger charge is -2.11. The van der Waals surface area contributed by atoms with Gasteiger partial charge in [0.25, 0.3) is 0 Å². The second-order valence-electron chi connectivity index (χ2n) is 6.02. The van der Waals surface area contributed by atoms with Crippen molar-refractivity contribution >= 4 is 77.2 Å². The zero-order valence-electron chi connectivity index (χ0n) is 14.9. The van der Waals surface area contributed by atoms with E-state index in [0.717, 1.165) is 35.9 Å². The van der Waals surface area contributed by atoms with Crippen LogP contribution < -0.4 is 10.2 Å². The van der Waals surface area contributed by atoms with Crippen LogP contribution in [0.2, 0.25) is 10.0 Å². The average Bonchev–Trinajstić information content (AvgIpc) is 2.68. The van der Waals surface area contributed by atoms with Gasteiger partial charge < -0.3 is 10.2 Å². The Balaban J connectivity index is 1.62. The van der Waals surface area contributed by atoms with Crippen LogP contribution in [0.4, 0.5) is 0 Å². The van der Waals surface area contributed by atoms with Gasteiger partial charge >= 0.3 is 0 Å². The summed E-state index contributed by atoms with van der Waals surface area (Å²) in [5, 5.41) is 5.47. The molecule has 0 bridgehead atoms. The average molecular weight is 622 g/mol. The molecule has 0 fully saturated rings. The molecule has 3 aromatic carbocycles. The highest BCUT2D eigenvalue weighted by Crippen LogP contribution is 2.35. The third-order valence-electron chi connectivity index (χ3n) is 3.94. The van der Waals surface area contributed by atoms with Crippen molar-refractivity contribution in [3.05, 3.63) is 94.8 Å². The van der Waals surface area contributed by atoms with Crippen LogP contribution in [0.1, 0.15) is 16.7 Å². The number of nitrogens with zero attached hydrogens (tertiary/aromatic N) is 1. The van der Waals surface area contributed by atoms with Crippen LogP contribution in [-0.4, -0.2) is 6.21 Å². The molecule has 0 saturated heterocycles. The Hall–Kier alpha value is -1.05. The van der Waals surface area contributed by atoms with E-state index in [0.29, 0.717) is 23.2 Å². The maximum atomic E-state index is 6.16. The molecule has 0 heterocycles. The fourth-order valence-electron chi connectivity index (χ4n) is 2.47. The molecule has 0 spiro atoms. The molecule has 0 radical (unpaired) electrons. The van der Waals surface area contributed by atoms with Crippen molar-refractivity contribution in [1.29, 1.82) is 0 Å². The smallest absolute Gasteiger partial charge is 0.148 e. The molecule has 1 N–H and O–H groups in total. The normalized spacial score (nSPS) is 11.1. The maximum Gasteiger partial charge on any atom is 0.148 e. The van der Waals surface area contributed by atoms with Gasteiger partial charge in [-0.15, -0.1) is 0 Å². The molecule has 0 amide bonds. The third-order valence-corrected chi connectivity index (χ3v) is 6.35. The minimum atomic E-state index is 0.436. The fraction of sp³-hybridized carbons (Fsp3) is 0.0952. The number of benzene rings is 3. The highest BCUT2D eigenvalue weighted by Gasteiger charge is 2.09. The van der Waals surface area contributed by atoms with E-state index in [9.17, 15) is 0 Å². The quantitative estimate of drug-likeness (QED) is 0.214. The van der Waals surface area contributed by atoms with Crippen LogP contribution in [-0.2, 0) is 13.2 Å². The lowest BCUT2D eigenvalue weighted by atomic mass is 10.2. The van der Waals surface area contributed by atoms with Gasteiger partial charge in [0, 0.05) is 20.1 Å². The highest BCUT2D eigenvalue weighted by atomic mass is 79.9.